The van der Waals surface area contributed by atoms with Crippen molar-refractivity contribution in [2.24, 2.45) is 11.8 Å². The van der Waals surface area contributed by atoms with Crippen LogP contribution in [0.2, 0.25) is 0 Å². The summed E-state index contributed by atoms with van der Waals surface area (Å²) in [6.07, 6.45) is 26.2. The molecule has 0 aromatic rings. The van der Waals surface area contributed by atoms with Crippen molar-refractivity contribution < 1.29 is 9.53 Å². The maximum Gasteiger partial charge on any atom is 0.306 e. The van der Waals surface area contributed by atoms with Crippen molar-refractivity contribution in [1.82, 2.24) is 0 Å². The van der Waals surface area contributed by atoms with Crippen LogP contribution in [0.4, 0.5) is 0 Å². The Kier molecular flexibility index (Phi) is 23.2. The molecule has 0 saturated carbocycles. The molecule has 0 spiro atoms. The van der Waals surface area contributed by atoms with E-state index in [4.69, 9.17) is 4.74 Å². The van der Waals surface area contributed by atoms with Gasteiger partial charge in [-0.3, -0.25) is 4.79 Å². The lowest BCUT2D eigenvalue weighted by Crippen LogP contribution is -2.21. The zero-order valence-corrected chi connectivity index (χ0v) is 22.9. The molecule has 0 amide bonds. The Morgan fingerprint density at radius 1 is 0.594 bits per heavy atom. The summed E-state index contributed by atoms with van der Waals surface area (Å²) in [7, 11) is 0. The van der Waals surface area contributed by atoms with E-state index in [1.165, 1.54) is 109 Å². The molecule has 2 unspecified atom stereocenters. The number of carbonyl (C=O) groups excluding carboxylic acids is 1. The van der Waals surface area contributed by atoms with Gasteiger partial charge in [0.15, 0.2) is 0 Å². The molecule has 2 heteroatoms. The molecule has 0 aliphatic rings. The summed E-state index contributed by atoms with van der Waals surface area (Å²) in [5.41, 5.74) is 0. The Balaban J connectivity index is 3.98. The van der Waals surface area contributed by atoms with E-state index in [1.807, 2.05) is 0 Å². The maximum absolute atomic E-state index is 12.5. The first kappa shape index (κ1) is 31.5. The van der Waals surface area contributed by atoms with Crippen molar-refractivity contribution in [2.75, 3.05) is 0 Å². The van der Waals surface area contributed by atoms with E-state index in [9.17, 15) is 4.79 Å². The molecule has 0 saturated heterocycles. The summed E-state index contributed by atoms with van der Waals surface area (Å²) in [5, 5.41) is 0. The third-order valence-corrected chi connectivity index (χ3v) is 6.81. The molecule has 0 fully saturated rings. The molecule has 0 N–H and O–H groups in total. The summed E-state index contributed by atoms with van der Waals surface area (Å²) in [6, 6.07) is 0. The Morgan fingerprint density at radius 2 is 1.09 bits per heavy atom. The standard InChI is InChI=1S/C30H60O2/c1-6-8-10-12-13-14-15-16-17-18-20-25-30(31)32-29(24-19-11-9-7-2)26-28(5)23-21-22-27(3)4/h27-29H,6-26H2,1-5H3. The summed E-state index contributed by atoms with van der Waals surface area (Å²) in [4.78, 5) is 12.5. The second-order valence-electron chi connectivity index (χ2n) is 10.9. The van der Waals surface area contributed by atoms with Gasteiger partial charge in [0.1, 0.15) is 6.10 Å². The van der Waals surface area contributed by atoms with Gasteiger partial charge in [0, 0.05) is 6.42 Å². The van der Waals surface area contributed by atoms with Gasteiger partial charge in [0.2, 0.25) is 0 Å². The molecule has 32 heavy (non-hydrogen) atoms. The van der Waals surface area contributed by atoms with Crippen LogP contribution < -0.4 is 0 Å². The van der Waals surface area contributed by atoms with Gasteiger partial charge in [-0.1, -0.05) is 137 Å². The van der Waals surface area contributed by atoms with E-state index in [0.717, 1.165) is 25.2 Å². The van der Waals surface area contributed by atoms with Gasteiger partial charge in [-0.25, -0.2) is 0 Å². The average Bonchev–Trinajstić information content (AvgIpc) is 2.74. The lowest BCUT2D eigenvalue weighted by molar-refractivity contribution is -0.150. The van der Waals surface area contributed by atoms with Crippen LogP contribution in [0.25, 0.3) is 0 Å². The SMILES string of the molecule is CCCCCCCCCCCCCC(=O)OC(CCCCCC)CC(C)CCCC(C)C. The third-order valence-electron chi connectivity index (χ3n) is 6.81. The summed E-state index contributed by atoms with van der Waals surface area (Å²) < 4.78 is 5.98. The largest absolute Gasteiger partial charge is 0.462 e. The first-order valence-corrected chi connectivity index (χ1v) is 14.7. The van der Waals surface area contributed by atoms with Crippen LogP contribution in [0.5, 0.6) is 0 Å². The molecule has 0 heterocycles. The molecular weight excluding hydrogens is 392 g/mol. The number of hydrogen-bond donors (Lipinski definition) is 0. The zero-order valence-electron chi connectivity index (χ0n) is 22.9. The highest BCUT2D eigenvalue weighted by Crippen LogP contribution is 2.22. The van der Waals surface area contributed by atoms with E-state index >= 15 is 0 Å². The fourth-order valence-corrected chi connectivity index (χ4v) is 4.64. The molecule has 0 radical (unpaired) electrons. The van der Waals surface area contributed by atoms with Crippen LogP contribution in [-0.4, -0.2) is 12.1 Å². The van der Waals surface area contributed by atoms with Crippen LogP contribution in [-0.2, 0) is 9.53 Å². The molecular formula is C30H60O2. The fraction of sp³-hybridized carbons (Fsp3) is 0.967. The number of carbonyl (C=O) groups is 1. The Bertz CT molecular complexity index is 390. The zero-order chi connectivity index (χ0) is 23.9. The molecule has 0 aliphatic carbocycles. The van der Waals surface area contributed by atoms with Crippen LogP contribution in [0.1, 0.15) is 169 Å². The van der Waals surface area contributed by atoms with E-state index in [2.05, 4.69) is 34.6 Å². The van der Waals surface area contributed by atoms with Crippen LogP contribution in [0, 0.1) is 11.8 Å². The van der Waals surface area contributed by atoms with Gasteiger partial charge >= 0.3 is 5.97 Å². The highest BCUT2D eigenvalue weighted by Gasteiger charge is 2.17. The molecule has 0 bridgehead atoms. The molecule has 0 aliphatic heterocycles. The minimum Gasteiger partial charge on any atom is -0.462 e. The summed E-state index contributed by atoms with van der Waals surface area (Å²) >= 11 is 0. The van der Waals surface area contributed by atoms with Crippen molar-refractivity contribution in [3.05, 3.63) is 0 Å². The third kappa shape index (κ3) is 22.7. The quantitative estimate of drug-likeness (QED) is 0.107. The molecule has 192 valence electrons. The van der Waals surface area contributed by atoms with Crippen molar-refractivity contribution >= 4 is 5.97 Å². The summed E-state index contributed by atoms with van der Waals surface area (Å²) in [5.74, 6) is 1.49. The lowest BCUT2D eigenvalue weighted by atomic mass is 9.93. The van der Waals surface area contributed by atoms with E-state index < -0.39 is 0 Å². The molecule has 0 rings (SSSR count). The first-order chi connectivity index (χ1) is 15.5. The van der Waals surface area contributed by atoms with Gasteiger partial charge in [-0.2, -0.15) is 0 Å². The molecule has 0 aromatic carbocycles. The minimum absolute atomic E-state index is 0.0517. The van der Waals surface area contributed by atoms with Crippen LogP contribution >= 0.6 is 0 Å². The highest BCUT2D eigenvalue weighted by atomic mass is 16.5. The molecule has 2 nitrogen and oxygen atoms in total. The smallest absolute Gasteiger partial charge is 0.306 e. The fourth-order valence-electron chi connectivity index (χ4n) is 4.64. The highest BCUT2D eigenvalue weighted by molar-refractivity contribution is 5.69. The number of rotatable bonds is 24. The van der Waals surface area contributed by atoms with Crippen molar-refractivity contribution in [3.8, 4) is 0 Å². The van der Waals surface area contributed by atoms with Crippen LogP contribution in [0.3, 0.4) is 0 Å². The minimum atomic E-state index is 0.0517. The van der Waals surface area contributed by atoms with Crippen LogP contribution in [0.15, 0.2) is 0 Å². The topological polar surface area (TPSA) is 26.3 Å². The first-order valence-electron chi connectivity index (χ1n) is 14.7. The second-order valence-corrected chi connectivity index (χ2v) is 10.9. The predicted molar refractivity (Wildman–Crippen MR) is 142 cm³/mol. The Hall–Kier alpha value is -0.530. The average molecular weight is 453 g/mol. The van der Waals surface area contributed by atoms with Crippen molar-refractivity contribution in [3.63, 3.8) is 0 Å². The molecule has 0 aromatic heterocycles. The number of ether oxygens (including phenoxy) is 1. The predicted octanol–water partition coefficient (Wildman–Crippen LogP) is 10.4. The van der Waals surface area contributed by atoms with E-state index in [-0.39, 0.29) is 12.1 Å². The normalized spacial score (nSPS) is 13.4. The van der Waals surface area contributed by atoms with Crippen molar-refractivity contribution in [2.45, 2.75) is 176 Å². The number of esters is 1. The summed E-state index contributed by atoms with van der Waals surface area (Å²) in [6.45, 7) is 11.5. The van der Waals surface area contributed by atoms with Gasteiger partial charge in [-0.15, -0.1) is 0 Å². The molecule has 2 atom stereocenters. The number of unbranched alkanes of at least 4 members (excludes halogenated alkanes) is 13. The van der Waals surface area contributed by atoms with Gasteiger partial charge in [0.05, 0.1) is 0 Å². The maximum atomic E-state index is 12.5. The van der Waals surface area contributed by atoms with Crippen molar-refractivity contribution in [1.29, 1.82) is 0 Å². The lowest BCUT2D eigenvalue weighted by Gasteiger charge is -2.22. The van der Waals surface area contributed by atoms with Gasteiger partial charge in [-0.05, 0) is 37.5 Å². The Morgan fingerprint density at radius 3 is 1.62 bits per heavy atom. The number of hydrogen-bond acceptors (Lipinski definition) is 2. The van der Waals surface area contributed by atoms with Gasteiger partial charge < -0.3 is 4.74 Å². The second kappa shape index (κ2) is 23.6. The van der Waals surface area contributed by atoms with E-state index in [0.29, 0.717) is 12.3 Å². The monoisotopic (exact) mass is 452 g/mol. The Labute approximate surface area is 203 Å². The van der Waals surface area contributed by atoms with Gasteiger partial charge in [0.25, 0.3) is 0 Å². The van der Waals surface area contributed by atoms with E-state index in [1.54, 1.807) is 0 Å².